The molecule has 0 spiro atoms. The summed E-state index contributed by atoms with van der Waals surface area (Å²) in [5.74, 6) is 0. The molecule has 88 valence electrons. The maximum atomic E-state index is 10.3. The smallest absolute Gasteiger partial charge is 0.404 e. The number of carboxylic acid groups (broad SMARTS) is 1. The Balaban J connectivity index is 2.38. The molecule has 0 atom stereocenters. The van der Waals surface area contributed by atoms with Crippen LogP contribution in [0.1, 0.15) is 24.5 Å². The van der Waals surface area contributed by atoms with Crippen molar-refractivity contribution in [2.75, 3.05) is 6.54 Å². The zero-order chi connectivity index (χ0) is 11.8. The van der Waals surface area contributed by atoms with E-state index in [1.165, 1.54) is 5.56 Å². The van der Waals surface area contributed by atoms with E-state index < -0.39 is 6.09 Å². The number of amides is 1. The first-order valence-corrected chi connectivity index (χ1v) is 5.47. The van der Waals surface area contributed by atoms with Gasteiger partial charge in [0.2, 0.25) is 0 Å². The summed E-state index contributed by atoms with van der Waals surface area (Å²) in [6.45, 7) is 4.37. The second-order valence-corrected chi connectivity index (χ2v) is 3.65. The summed E-state index contributed by atoms with van der Waals surface area (Å²) in [5, 5.41) is 14.1. The number of carbonyl (C=O) groups is 1. The Bertz CT molecular complexity index is 322. The average Bonchev–Trinajstić information content (AvgIpc) is 2.28. The molecule has 1 aromatic carbocycles. The molecule has 0 radical (unpaired) electrons. The summed E-state index contributed by atoms with van der Waals surface area (Å²) in [7, 11) is 0. The third-order valence-corrected chi connectivity index (χ3v) is 2.22. The number of rotatable bonds is 6. The van der Waals surface area contributed by atoms with Crippen molar-refractivity contribution in [3.63, 3.8) is 0 Å². The average molecular weight is 222 g/mol. The lowest BCUT2D eigenvalue weighted by Gasteiger charge is -2.05. The van der Waals surface area contributed by atoms with E-state index in [0.717, 1.165) is 25.1 Å². The third-order valence-electron chi connectivity index (χ3n) is 2.22. The van der Waals surface area contributed by atoms with E-state index in [2.05, 4.69) is 17.6 Å². The molecule has 16 heavy (non-hydrogen) atoms. The Morgan fingerprint density at radius 1 is 1.19 bits per heavy atom. The molecular formula is C12H18N2O2. The fraction of sp³-hybridized carbons (Fsp3) is 0.417. The van der Waals surface area contributed by atoms with Crippen molar-refractivity contribution >= 4 is 6.09 Å². The summed E-state index contributed by atoms with van der Waals surface area (Å²) >= 11 is 0. The van der Waals surface area contributed by atoms with Crippen molar-refractivity contribution in [1.82, 2.24) is 10.6 Å². The van der Waals surface area contributed by atoms with Gasteiger partial charge < -0.3 is 15.7 Å². The summed E-state index contributed by atoms with van der Waals surface area (Å²) < 4.78 is 0. The minimum Gasteiger partial charge on any atom is -0.465 e. The van der Waals surface area contributed by atoms with Gasteiger partial charge in [-0.3, -0.25) is 0 Å². The van der Waals surface area contributed by atoms with Crippen molar-refractivity contribution < 1.29 is 9.90 Å². The number of nitrogens with one attached hydrogen (secondary N) is 2. The Labute approximate surface area is 95.7 Å². The Hall–Kier alpha value is -1.55. The molecule has 3 N–H and O–H groups in total. The van der Waals surface area contributed by atoms with Crippen LogP contribution in [0.4, 0.5) is 4.79 Å². The van der Waals surface area contributed by atoms with Gasteiger partial charge in [-0.2, -0.15) is 0 Å². The van der Waals surface area contributed by atoms with E-state index in [1.807, 2.05) is 24.3 Å². The Kier molecular flexibility index (Phi) is 5.36. The molecule has 0 aliphatic heterocycles. The van der Waals surface area contributed by atoms with E-state index in [0.29, 0.717) is 6.54 Å². The van der Waals surface area contributed by atoms with Gasteiger partial charge in [0.05, 0.1) is 0 Å². The summed E-state index contributed by atoms with van der Waals surface area (Å²) in [6, 6.07) is 7.92. The predicted octanol–water partition coefficient (Wildman–Crippen LogP) is 1.95. The van der Waals surface area contributed by atoms with Crippen LogP contribution in [0.25, 0.3) is 0 Å². The van der Waals surface area contributed by atoms with Crippen LogP contribution in [0.5, 0.6) is 0 Å². The second-order valence-electron chi connectivity index (χ2n) is 3.65. The van der Waals surface area contributed by atoms with Crippen LogP contribution in [0, 0.1) is 0 Å². The quantitative estimate of drug-likeness (QED) is 0.645. The van der Waals surface area contributed by atoms with E-state index in [4.69, 9.17) is 5.11 Å². The molecule has 0 bridgehead atoms. The van der Waals surface area contributed by atoms with E-state index in [-0.39, 0.29) is 0 Å². The lowest BCUT2D eigenvalue weighted by molar-refractivity contribution is 0.194. The number of hydrogen-bond donors (Lipinski definition) is 3. The molecule has 0 aliphatic rings. The molecule has 0 heterocycles. The fourth-order valence-electron chi connectivity index (χ4n) is 1.36. The van der Waals surface area contributed by atoms with Gasteiger partial charge in [0, 0.05) is 13.1 Å². The molecule has 0 aliphatic carbocycles. The molecule has 0 saturated heterocycles. The van der Waals surface area contributed by atoms with E-state index in [9.17, 15) is 4.79 Å². The lowest BCUT2D eigenvalue weighted by Crippen LogP contribution is -2.20. The third kappa shape index (κ3) is 4.79. The Morgan fingerprint density at radius 2 is 1.75 bits per heavy atom. The van der Waals surface area contributed by atoms with Crippen molar-refractivity contribution in [1.29, 1.82) is 0 Å². The lowest BCUT2D eigenvalue weighted by atomic mass is 10.1. The van der Waals surface area contributed by atoms with Crippen molar-refractivity contribution in [3.8, 4) is 0 Å². The van der Waals surface area contributed by atoms with Gasteiger partial charge in [-0.15, -0.1) is 0 Å². The van der Waals surface area contributed by atoms with Crippen molar-refractivity contribution in [3.05, 3.63) is 35.4 Å². The van der Waals surface area contributed by atoms with E-state index >= 15 is 0 Å². The topological polar surface area (TPSA) is 61.4 Å². The highest BCUT2D eigenvalue weighted by Gasteiger charge is 1.97. The summed E-state index contributed by atoms with van der Waals surface area (Å²) in [4.78, 5) is 10.3. The summed E-state index contributed by atoms with van der Waals surface area (Å²) in [5.41, 5.74) is 2.19. The summed E-state index contributed by atoms with van der Waals surface area (Å²) in [6.07, 6.45) is 0.134. The zero-order valence-corrected chi connectivity index (χ0v) is 9.49. The van der Waals surface area contributed by atoms with E-state index in [1.54, 1.807) is 0 Å². The standard InChI is InChI=1S/C12H18N2O2/c1-2-7-13-8-10-3-5-11(6-4-10)9-14-12(15)16/h3-6,13-14H,2,7-9H2,1H3,(H,15,16). The predicted molar refractivity (Wildman–Crippen MR) is 63.3 cm³/mol. The van der Waals surface area contributed by atoms with Gasteiger partial charge in [-0.05, 0) is 24.1 Å². The molecule has 0 unspecified atom stereocenters. The van der Waals surface area contributed by atoms with Crippen LogP contribution in [0.2, 0.25) is 0 Å². The first-order valence-electron chi connectivity index (χ1n) is 5.47. The van der Waals surface area contributed by atoms with Gasteiger partial charge in [0.15, 0.2) is 0 Å². The van der Waals surface area contributed by atoms with Crippen LogP contribution in [-0.2, 0) is 13.1 Å². The highest BCUT2D eigenvalue weighted by molar-refractivity contribution is 5.64. The van der Waals surface area contributed by atoms with Crippen molar-refractivity contribution in [2.24, 2.45) is 0 Å². The molecule has 4 heteroatoms. The first kappa shape index (κ1) is 12.5. The largest absolute Gasteiger partial charge is 0.465 e. The van der Waals surface area contributed by atoms with Crippen LogP contribution in [-0.4, -0.2) is 17.7 Å². The Morgan fingerprint density at radius 3 is 2.25 bits per heavy atom. The number of benzene rings is 1. The normalized spacial score (nSPS) is 10.1. The van der Waals surface area contributed by atoms with Crippen LogP contribution < -0.4 is 10.6 Å². The molecule has 1 amide bonds. The van der Waals surface area contributed by atoms with Gasteiger partial charge in [0.1, 0.15) is 0 Å². The van der Waals surface area contributed by atoms with Crippen LogP contribution >= 0.6 is 0 Å². The SMILES string of the molecule is CCCNCc1ccc(CNC(=O)O)cc1. The molecular weight excluding hydrogens is 204 g/mol. The maximum absolute atomic E-state index is 10.3. The fourth-order valence-corrected chi connectivity index (χ4v) is 1.36. The second kappa shape index (κ2) is 6.85. The molecule has 0 saturated carbocycles. The van der Waals surface area contributed by atoms with Gasteiger partial charge in [-0.1, -0.05) is 31.2 Å². The molecule has 0 aromatic heterocycles. The molecule has 0 fully saturated rings. The van der Waals surface area contributed by atoms with Crippen LogP contribution in [0.15, 0.2) is 24.3 Å². The monoisotopic (exact) mass is 222 g/mol. The highest BCUT2D eigenvalue weighted by Crippen LogP contribution is 2.04. The number of hydrogen-bond acceptors (Lipinski definition) is 2. The van der Waals surface area contributed by atoms with Crippen LogP contribution in [0.3, 0.4) is 0 Å². The molecule has 1 aromatic rings. The van der Waals surface area contributed by atoms with Gasteiger partial charge in [0.25, 0.3) is 0 Å². The van der Waals surface area contributed by atoms with Gasteiger partial charge in [-0.25, -0.2) is 4.79 Å². The molecule has 1 rings (SSSR count). The van der Waals surface area contributed by atoms with Gasteiger partial charge >= 0.3 is 6.09 Å². The zero-order valence-electron chi connectivity index (χ0n) is 9.49. The minimum absolute atomic E-state index is 0.359. The first-order chi connectivity index (χ1) is 7.72. The minimum atomic E-state index is -0.992. The molecule has 4 nitrogen and oxygen atoms in total. The van der Waals surface area contributed by atoms with Crippen molar-refractivity contribution in [2.45, 2.75) is 26.4 Å². The maximum Gasteiger partial charge on any atom is 0.404 e. The highest BCUT2D eigenvalue weighted by atomic mass is 16.4.